The highest BCUT2D eigenvalue weighted by Crippen LogP contribution is 2.10. The van der Waals surface area contributed by atoms with E-state index in [0.29, 0.717) is 24.5 Å². The van der Waals surface area contributed by atoms with Crippen LogP contribution < -0.4 is 11.5 Å². The van der Waals surface area contributed by atoms with E-state index in [1.807, 2.05) is 6.07 Å². The van der Waals surface area contributed by atoms with Gasteiger partial charge in [-0.1, -0.05) is 70.8 Å². The number of nitrogens with two attached hydrogens (primary N) is 2. The molecule has 0 aliphatic carbocycles. The number of hydrogen-bond acceptors (Lipinski definition) is 4. The number of rotatable bonds is 12. The minimum absolute atomic E-state index is 0.535. The molecular weight excluding hydrogens is 288 g/mol. The minimum Gasteiger partial charge on any atom is -0.468 e. The van der Waals surface area contributed by atoms with Crippen molar-refractivity contribution in [2.45, 2.75) is 71.1 Å². The standard InChI is InChI=1S/C13H26O2.C6H8N2/c1-2-3-4-5-6-7-8-9-10-11-12-15-13-14;7-5-2-1-3-6(8)4-5/h13H,2-12H2,1H3;1-4H,7-8H2. The van der Waals surface area contributed by atoms with Crippen molar-refractivity contribution in [1.82, 2.24) is 0 Å². The first-order chi connectivity index (χ1) is 11.2. The lowest BCUT2D eigenvalue weighted by molar-refractivity contribution is -0.128. The molecule has 0 saturated carbocycles. The summed E-state index contributed by atoms with van der Waals surface area (Å²) in [7, 11) is 0. The van der Waals surface area contributed by atoms with E-state index in [4.69, 9.17) is 11.5 Å². The molecule has 0 aliphatic heterocycles. The minimum atomic E-state index is 0.535. The molecule has 4 N–H and O–H groups in total. The van der Waals surface area contributed by atoms with Crippen LogP contribution in [0, 0.1) is 0 Å². The number of ether oxygens (including phenoxy) is 1. The summed E-state index contributed by atoms with van der Waals surface area (Å²) in [4.78, 5) is 9.84. The second kappa shape index (κ2) is 16.7. The van der Waals surface area contributed by atoms with E-state index in [-0.39, 0.29) is 0 Å². The smallest absolute Gasteiger partial charge is 0.293 e. The molecule has 4 nitrogen and oxygen atoms in total. The summed E-state index contributed by atoms with van der Waals surface area (Å²) in [5.74, 6) is 0. The Hall–Kier alpha value is -1.71. The van der Waals surface area contributed by atoms with Gasteiger partial charge in [0, 0.05) is 11.4 Å². The third-order valence-corrected chi connectivity index (χ3v) is 3.59. The van der Waals surface area contributed by atoms with Gasteiger partial charge in [0.05, 0.1) is 6.61 Å². The fourth-order valence-corrected chi connectivity index (χ4v) is 2.28. The molecule has 0 heterocycles. The molecule has 1 rings (SSSR count). The lowest BCUT2D eigenvalue weighted by Gasteiger charge is -2.01. The fraction of sp³-hybridized carbons (Fsp3) is 0.632. The van der Waals surface area contributed by atoms with Gasteiger partial charge in [0.25, 0.3) is 6.47 Å². The molecular formula is C19H34N2O2. The molecule has 0 aliphatic rings. The van der Waals surface area contributed by atoms with E-state index < -0.39 is 0 Å². The molecule has 0 amide bonds. The van der Waals surface area contributed by atoms with Crippen molar-refractivity contribution in [3.8, 4) is 0 Å². The van der Waals surface area contributed by atoms with Crippen LogP contribution in [0.4, 0.5) is 11.4 Å². The van der Waals surface area contributed by atoms with Crippen LogP contribution in [0.1, 0.15) is 71.1 Å². The number of carbonyl (C=O) groups is 1. The van der Waals surface area contributed by atoms with Crippen molar-refractivity contribution in [1.29, 1.82) is 0 Å². The zero-order valence-corrected chi connectivity index (χ0v) is 14.6. The molecule has 0 saturated heterocycles. The Morgan fingerprint density at radius 3 is 1.74 bits per heavy atom. The Labute approximate surface area is 141 Å². The summed E-state index contributed by atoms with van der Waals surface area (Å²) in [6.07, 6.45) is 13.1. The summed E-state index contributed by atoms with van der Waals surface area (Å²) in [5.41, 5.74) is 12.2. The Morgan fingerprint density at radius 1 is 0.870 bits per heavy atom. The molecule has 0 unspecified atom stereocenters. The van der Waals surface area contributed by atoms with Gasteiger partial charge in [-0.25, -0.2) is 0 Å². The molecule has 0 atom stereocenters. The van der Waals surface area contributed by atoms with Gasteiger partial charge in [-0.2, -0.15) is 0 Å². The third kappa shape index (κ3) is 16.5. The molecule has 4 heteroatoms. The van der Waals surface area contributed by atoms with Gasteiger partial charge in [0.1, 0.15) is 0 Å². The van der Waals surface area contributed by atoms with E-state index in [0.717, 1.165) is 6.42 Å². The average molecular weight is 322 g/mol. The fourth-order valence-electron chi connectivity index (χ4n) is 2.28. The van der Waals surface area contributed by atoms with Crippen LogP contribution in [-0.2, 0) is 9.53 Å². The van der Waals surface area contributed by atoms with Crippen LogP contribution in [0.5, 0.6) is 0 Å². The van der Waals surface area contributed by atoms with E-state index in [9.17, 15) is 4.79 Å². The van der Waals surface area contributed by atoms with Crippen molar-refractivity contribution in [2.24, 2.45) is 0 Å². The predicted octanol–water partition coefficient (Wildman–Crippen LogP) is 4.93. The van der Waals surface area contributed by atoms with Crippen LogP contribution in [0.2, 0.25) is 0 Å². The molecule has 1 aromatic rings. The molecule has 132 valence electrons. The highest BCUT2D eigenvalue weighted by Gasteiger charge is 1.92. The van der Waals surface area contributed by atoms with Crippen molar-refractivity contribution in [3.63, 3.8) is 0 Å². The summed E-state index contributed by atoms with van der Waals surface area (Å²) in [6, 6.07) is 7.15. The highest BCUT2D eigenvalue weighted by atomic mass is 16.5. The van der Waals surface area contributed by atoms with E-state index in [1.54, 1.807) is 18.2 Å². The maximum atomic E-state index is 9.84. The van der Waals surface area contributed by atoms with E-state index in [2.05, 4.69) is 11.7 Å². The number of benzene rings is 1. The van der Waals surface area contributed by atoms with Crippen LogP contribution in [0.3, 0.4) is 0 Å². The van der Waals surface area contributed by atoms with E-state index in [1.165, 1.54) is 57.8 Å². The van der Waals surface area contributed by atoms with Crippen molar-refractivity contribution >= 4 is 17.8 Å². The van der Waals surface area contributed by atoms with Gasteiger partial charge < -0.3 is 16.2 Å². The first-order valence-electron chi connectivity index (χ1n) is 8.87. The SMILES string of the molecule is CCCCCCCCCCCCOC=O.Nc1cccc(N)c1. The number of nitrogen functional groups attached to an aromatic ring is 2. The molecule has 1 aromatic carbocycles. The van der Waals surface area contributed by atoms with Crippen LogP contribution in [-0.4, -0.2) is 13.1 Å². The first kappa shape index (κ1) is 21.3. The summed E-state index contributed by atoms with van der Waals surface area (Å²) in [5, 5.41) is 0. The molecule has 0 radical (unpaired) electrons. The Morgan fingerprint density at radius 2 is 1.35 bits per heavy atom. The zero-order valence-electron chi connectivity index (χ0n) is 14.6. The predicted molar refractivity (Wildman–Crippen MR) is 99.1 cm³/mol. The van der Waals surface area contributed by atoms with E-state index >= 15 is 0 Å². The number of anilines is 2. The zero-order chi connectivity index (χ0) is 17.2. The van der Waals surface area contributed by atoms with Crippen molar-refractivity contribution < 1.29 is 9.53 Å². The van der Waals surface area contributed by atoms with Crippen LogP contribution >= 0.6 is 0 Å². The van der Waals surface area contributed by atoms with Crippen LogP contribution in [0.25, 0.3) is 0 Å². The summed E-state index contributed by atoms with van der Waals surface area (Å²) < 4.78 is 4.62. The maximum absolute atomic E-state index is 9.84. The van der Waals surface area contributed by atoms with Gasteiger partial charge in [-0.3, -0.25) is 4.79 Å². The number of unbranched alkanes of at least 4 members (excludes halogenated alkanes) is 9. The van der Waals surface area contributed by atoms with Crippen molar-refractivity contribution in [3.05, 3.63) is 24.3 Å². The second-order valence-corrected chi connectivity index (χ2v) is 5.82. The van der Waals surface area contributed by atoms with Gasteiger partial charge in [0.15, 0.2) is 0 Å². The van der Waals surface area contributed by atoms with Crippen molar-refractivity contribution in [2.75, 3.05) is 18.1 Å². The Bertz CT molecular complexity index is 366. The average Bonchev–Trinajstić information content (AvgIpc) is 2.53. The molecule has 23 heavy (non-hydrogen) atoms. The molecule has 0 bridgehead atoms. The second-order valence-electron chi connectivity index (χ2n) is 5.82. The number of hydrogen-bond donors (Lipinski definition) is 2. The first-order valence-corrected chi connectivity index (χ1v) is 8.87. The topological polar surface area (TPSA) is 78.3 Å². The largest absolute Gasteiger partial charge is 0.468 e. The third-order valence-electron chi connectivity index (χ3n) is 3.59. The van der Waals surface area contributed by atoms with Gasteiger partial charge in [-0.15, -0.1) is 0 Å². The molecule has 0 fully saturated rings. The van der Waals surface area contributed by atoms with Gasteiger partial charge in [0.2, 0.25) is 0 Å². The summed E-state index contributed by atoms with van der Waals surface area (Å²) in [6.45, 7) is 3.38. The monoisotopic (exact) mass is 322 g/mol. The highest BCUT2D eigenvalue weighted by molar-refractivity contribution is 5.50. The number of carbonyl (C=O) groups excluding carboxylic acids is 1. The maximum Gasteiger partial charge on any atom is 0.293 e. The van der Waals surface area contributed by atoms with Crippen LogP contribution in [0.15, 0.2) is 24.3 Å². The van der Waals surface area contributed by atoms with Gasteiger partial charge >= 0.3 is 0 Å². The summed E-state index contributed by atoms with van der Waals surface area (Å²) >= 11 is 0. The van der Waals surface area contributed by atoms with Gasteiger partial charge in [-0.05, 0) is 24.6 Å². The molecule has 0 spiro atoms. The quantitative estimate of drug-likeness (QED) is 0.325. The molecule has 0 aromatic heterocycles. The Kier molecular flexibility index (Phi) is 15.4. The Balaban J connectivity index is 0.000000502. The lowest BCUT2D eigenvalue weighted by Crippen LogP contribution is -1.91. The lowest BCUT2D eigenvalue weighted by atomic mass is 10.1. The normalized spacial score (nSPS) is 9.78.